The second-order valence-electron chi connectivity index (χ2n) is 5.13. The zero-order chi connectivity index (χ0) is 13.4. The van der Waals surface area contributed by atoms with E-state index in [0.29, 0.717) is 23.8 Å². The van der Waals surface area contributed by atoms with E-state index in [-0.39, 0.29) is 17.9 Å². The zero-order valence-electron chi connectivity index (χ0n) is 11.0. The molecule has 18 heavy (non-hydrogen) atoms. The molecule has 5 nitrogen and oxygen atoms in total. The van der Waals surface area contributed by atoms with Gasteiger partial charge in [-0.1, -0.05) is 25.4 Å². The molecule has 0 saturated carbocycles. The average Bonchev–Trinajstić information content (AvgIpc) is 2.84. The van der Waals surface area contributed by atoms with E-state index in [4.69, 9.17) is 17.3 Å². The van der Waals surface area contributed by atoms with Crippen LogP contribution in [0.5, 0.6) is 0 Å². The van der Waals surface area contributed by atoms with E-state index in [0.717, 1.165) is 12.1 Å². The molecule has 1 aliphatic heterocycles. The van der Waals surface area contributed by atoms with Crippen molar-refractivity contribution in [2.24, 2.45) is 12.8 Å². The lowest BCUT2D eigenvalue weighted by Gasteiger charge is -2.16. The normalized spacial score (nSPS) is 19.9. The predicted octanol–water partition coefficient (Wildman–Crippen LogP) is 1.37. The van der Waals surface area contributed by atoms with Gasteiger partial charge >= 0.3 is 0 Å². The number of aromatic nitrogens is 2. The van der Waals surface area contributed by atoms with Crippen LogP contribution >= 0.6 is 11.6 Å². The molecule has 1 atom stereocenters. The summed E-state index contributed by atoms with van der Waals surface area (Å²) in [5, 5.41) is 4.73. The van der Waals surface area contributed by atoms with E-state index in [9.17, 15) is 4.79 Å². The summed E-state index contributed by atoms with van der Waals surface area (Å²) in [5.41, 5.74) is 7.12. The van der Waals surface area contributed by atoms with Gasteiger partial charge in [-0.15, -0.1) is 0 Å². The highest BCUT2D eigenvalue weighted by Gasteiger charge is 2.30. The van der Waals surface area contributed by atoms with Gasteiger partial charge < -0.3 is 10.6 Å². The van der Waals surface area contributed by atoms with Crippen molar-refractivity contribution in [3.8, 4) is 0 Å². The smallest absolute Gasteiger partial charge is 0.258 e. The highest BCUT2D eigenvalue weighted by molar-refractivity contribution is 6.33. The lowest BCUT2D eigenvalue weighted by Crippen LogP contribution is -2.32. The maximum absolute atomic E-state index is 12.5. The molecule has 1 aliphatic rings. The molecule has 1 aromatic rings. The van der Waals surface area contributed by atoms with Crippen LogP contribution in [0.15, 0.2) is 0 Å². The molecule has 0 aliphatic carbocycles. The highest BCUT2D eigenvalue weighted by atomic mass is 35.5. The van der Waals surface area contributed by atoms with Crippen molar-refractivity contribution in [2.75, 3.05) is 13.1 Å². The standard InChI is InChI=1S/C12H19ClN4O/c1-7(2)10-9(11(13)16(3)15-10)12(18)17-5-4-8(14)6-17/h7-8H,4-6,14H2,1-3H3. The van der Waals surface area contributed by atoms with Gasteiger partial charge in [0.2, 0.25) is 0 Å². The van der Waals surface area contributed by atoms with E-state index in [1.807, 2.05) is 13.8 Å². The summed E-state index contributed by atoms with van der Waals surface area (Å²) < 4.78 is 1.56. The van der Waals surface area contributed by atoms with Crippen molar-refractivity contribution < 1.29 is 4.79 Å². The summed E-state index contributed by atoms with van der Waals surface area (Å²) in [6, 6.07) is 0.0758. The van der Waals surface area contributed by atoms with Gasteiger partial charge in [0.05, 0.1) is 11.3 Å². The Morgan fingerprint density at radius 3 is 2.72 bits per heavy atom. The van der Waals surface area contributed by atoms with Gasteiger partial charge in [-0.25, -0.2) is 0 Å². The number of nitrogens with zero attached hydrogens (tertiary/aromatic N) is 3. The fraction of sp³-hybridized carbons (Fsp3) is 0.667. The van der Waals surface area contributed by atoms with E-state index >= 15 is 0 Å². The lowest BCUT2D eigenvalue weighted by atomic mass is 10.1. The molecule has 1 unspecified atom stereocenters. The number of likely N-dealkylation sites (tertiary alicyclic amines) is 1. The predicted molar refractivity (Wildman–Crippen MR) is 70.8 cm³/mol. The zero-order valence-corrected chi connectivity index (χ0v) is 11.7. The topological polar surface area (TPSA) is 64.2 Å². The Balaban J connectivity index is 2.35. The number of amides is 1. The molecule has 0 radical (unpaired) electrons. The minimum atomic E-state index is -0.0512. The minimum absolute atomic E-state index is 0.0512. The Bertz CT molecular complexity index is 469. The summed E-state index contributed by atoms with van der Waals surface area (Å²) >= 11 is 6.19. The fourth-order valence-corrected chi connectivity index (χ4v) is 2.47. The van der Waals surface area contributed by atoms with Crippen LogP contribution in [0.2, 0.25) is 5.15 Å². The van der Waals surface area contributed by atoms with Gasteiger partial charge in [-0.2, -0.15) is 5.10 Å². The van der Waals surface area contributed by atoms with Crippen molar-refractivity contribution in [2.45, 2.75) is 32.2 Å². The van der Waals surface area contributed by atoms with E-state index < -0.39 is 0 Å². The second kappa shape index (κ2) is 4.90. The van der Waals surface area contributed by atoms with E-state index in [2.05, 4.69) is 5.10 Å². The molecule has 1 saturated heterocycles. The third-order valence-corrected chi connectivity index (χ3v) is 3.71. The summed E-state index contributed by atoms with van der Waals surface area (Å²) in [6.45, 7) is 5.31. The molecule has 6 heteroatoms. The van der Waals surface area contributed by atoms with Crippen molar-refractivity contribution in [1.82, 2.24) is 14.7 Å². The Morgan fingerprint density at radius 2 is 2.22 bits per heavy atom. The number of carbonyl (C=O) groups is 1. The largest absolute Gasteiger partial charge is 0.337 e. The maximum Gasteiger partial charge on any atom is 0.258 e. The number of aryl methyl sites for hydroxylation is 1. The fourth-order valence-electron chi connectivity index (χ4n) is 2.25. The van der Waals surface area contributed by atoms with Gasteiger partial charge in [-0.05, 0) is 12.3 Å². The van der Waals surface area contributed by atoms with E-state index in [1.54, 1.807) is 16.6 Å². The van der Waals surface area contributed by atoms with Gasteiger partial charge in [-0.3, -0.25) is 9.48 Å². The van der Waals surface area contributed by atoms with Gasteiger partial charge in [0.25, 0.3) is 5.91 Å². The second-order valence-corrected chi connectivity index (χ2v) is 5.49. The van der Waals surface area contributed by atoms with Crippen molar-refractivity contribution in [3.63, 3.8) is 0 Å². The van der Waals surface area contributed by atoms with Crippen LogP contribution in [0.25, 0.3) is 0 Å². The van der Waals surface area contributed by atoms with Crippen molar-refractivity contribution in [1.29, 1.82) is 0 Å². The quantitative estimate of drug-likeness (QED) is 0.883. The first kappa shape index (κ1) is 13.4. The number of halogens is 1. The monoisotopic (exact) mass is 270 g/mol. The molecular formula is C12H19ClN4O. The Kier molecular flexibility index (Phi) is 3.64. The highest BCUT2D eigenvalue weighted by Crippen LogP contribution is 2.27. The van der Waals surface area contributed by atoms with E-state index in [1.165, 1.54) is 0 Å². The molecule has 2 N–H and O–H groups in total. The number of carbonyl (C=O) groups excluding carboxylic acids is 1. The van der Waals surface area contributed by atoms with Crippen LogP contribution in [-0.4, -0.2) is 39.7 Å². The molecule has 2 heterocycles. The third-order valence-electron chi connectivity index (χ3n) is 3.28. The molecule has 2 rings (SSSR count). The van der Waals surface area contributed by atoms with Crippen LogP contribution in [0.3, 0.4) is 0 Å². The first-order valence-corrected chi connectivity index (χ1v) is 6.56. The van der Waals surface area contributed by atoms with Crippen LogP contribution in [0.1, 0.15) is 42.2 Å². The van der Waals surface area contributed by atoms with Crippen molar-refractivity contribution in [3.05, 3.63) is 16.4 Å². The molecule has 100 valence electrons. The molecular weight excluding hydrogens is 252 g/mol. The molecule has 0 aromatic carbocycles. The number of rotatable bonds is 2. The third kappa shape index (κ3) is 2.24. The Hall–Kier alpha value is -1.07. The molecule has 1 aromatic heterocycles. The number of hydrogen-bond donors (Lipinski definition) is 1. The first-order valence-electron chi connectivity index (χ1n) is 6.19. The van der Waals surface area contributed by atoms with Crippen molar-refractivity contribution >= 4 is 17.5 Å². The Labute approximate surface area is 112 Å². The van der Waals surface area contributed by atoms with Crippen LogP contribution < -0.4 is 5.73 Å². The number of hydrogen-bond acceptors (Lipinski definition) is 3. The lowest BCUT2D eigenvalue weighted by molar-refractivity contribution is 0.0789. The van der Waals surface area contributed by atoms with Gasteiger partial charge in [0.1, 0.15) is 5.15 Å². The first-order chi connectivity index (χ1) is 8.41. The molecule has 1 fully saturated rings. The number of nitrogens with two attached hydrogens (primary N) is 1. The summed E-state index contributed by atoms with van der Waals surface area (Å²) in [4.78, 5) is 14.2. The van der Waals surface area contributed by atoms with Crippen LogP contribution in [0.4, 0.5) is 0 Å². The molecule has 1 amide bonds. The summed E-state index contributed by atoms with van der Waals surface area (Å²) in [6.07, 6.45) is 0.848. The van der Waals surface area contributed by atoms with Gasteiger partial charge in [0.15, 0.2) is 0 Å². The summed E-state index contributed by atoms with van der Waals surface area (Å²) in [7, 11) is 1.75. The SMILES string of the molecule is CC(C)c1nn(C)c(Cl)c1C(=O)N1CCC(N)C1. The molecule has 0 spiro atoms. The van der Waals surface area contributed by atoms with Crippen LogP contribution in [0, 0.1) is 0 Å². The van der Waals surface area contributed by atoms with Crippen LogP contribution in [-0.2, 0) is 7.05 Å². The Morgan fingerprint density at radius 1 is 1.56 bits per heavy atom. The average molecular weight is 271 g/mol. The summed E-state index contributed by atoms with van der Waals surface area (Å²) in [5.74, 6) is 0.115. The minimum Gasteiger partial charge on any atom is -0.337 e. The van der Waals surface area contributed by atoms with Gasteiger partial charge in [0, 0.05) is 26.2 Å². The molecule has 0 bridgehead atoms. The maximum atomic E-state index is 12.5.